The summed E-state index contributed by atoms with van der Waals surface area (Å²) in [5.41, 5.74) is 6.53. The van der Waals surface area contributed by atoms with Crippen LogP contribution in [-0.2, 0) is 0 Å². The molecule has 1 aliphatic rings. The molecule has 2 heterocycles. The summed E-state index contributed by atoms with van der Waals surface area (Å²) in [6.45, 7) is 8.15. The maximum atomic E-state index is 11.6. The van der Waals surface area contributed by atoms with E-state index in [1.807, 2.05) is 0 Å². The fourth-order valence-corrected chi connectivity index (χ4v) is 3.99. The number of methoxy groups -OCH3 is 1. The highest BCUT2D eigenvalue weighted by Crippen LogP contribution is 2.46. The predicted molar refractivity (Wildman–Crippen MR) is 85.1 cm³/mol. The zero-order valence-electron chi connectivity index (χ0n) is 12.7. The van der Waals surface area contributed by atoms with Gasteiger partial charge in [-0.1, -0.05) is 13.8 Å². The molecule has 2 N–H and O–H groups in total. The van der Waals surface area contributed by atoms with E-state index in [9.17, 15) is 4.79 Å². The summed E-state index contributed by atoms with van der Waals surface area (Å²) in [5.74, 6) is 2.21. The van der Waals surface area contributed by atoms with Crippen molar-refractivity contribution in [3.05, 3.63) is 4.88 Å². The monoisotopic (exact) mass is 296 g/mol. The van der Waals surface area contributed by atoms with Gasteiger partial charge in [0.2, 0.25) is 0 Å². The number of carbonyl (C=O) groups excluding carboxylic acids is 1. The first-order chi connectivity index (χ1) is 9.45. The van der Waals surface area contributed by atoms with Crippen LogP contribution in [0.5, 0.6) is 5.75 Å². The van der Waals surface area contributed by atoms with Crippen LogP contribution in [0.15, 0.2) is 0 Å². The van der Waals surface area contributed by atoms with Gasteiger partial charge in [-0.3, -0.25) is 4.79 Å². The average molecular weight is 296 g/mol. The first-order valence-corrected chi connectivity index (χ1v) is 7.99. The number of anilines is 2. The molecule has 0 saturated carbocycles. The normalized spacial score (nSPS) is 16.8. The molecule has 1 aromatic heterocycles. The second-order valence-electron chi connectivity index (χ2n) is 5.81. The van der Waals surface area contributed by atoms with Gasteiger partial charge in [0.25, 0.3) is 0 Å². The molecule has 0 unspecified atom stereocenters. The molecule has 112 valence electrons. The SMILES string of the molecule is COc1c(N2CCC(C(C)C)CC2)sc(C(C)=O)c1N. The van der Waals surface area contributed by atoms with Crippen molar-refractivity contribution < 1.29 is 9.53 Å². The van der Waals surface area contributed by atoms with Crippen LogP contribution in [0.1, 0.15) is 43.3 Å². The van der Waals surface area contributed by atoms with E-state index < -0.39 is 0 Å². The van der Waals surface area contributed by atoms with Crippen LogP contribution in [0.3, 0.4) is 0 Å². The predicted octanol–water partition coefficient (Wildman–Crippen LogP) is 3.41. The molecule has 2 rings (SSSR count). The van der Waals surface area contributed by atoms with Crippen LogP contribution >= 0.6 is 11.3 Å². The number of hydrogen-bond acceptors (Lipinski definition) is 5. The van der Waals surface area contributed by atoms with Crippen LogP contribution in [0.4, 0.5) is 10.7 Å². The quantitative estimate of drug-likeness (QED) is 0.865. The molecule has 4 nitrogen and oxygen atoms in total. The first kappa shape index (κ1) is 15.2. The lowest BCUT2D eigenvalue weighted by Gasteiger charge is -2.34. The number of thiophene rings is 1. The topological polar surface area (TPSA) is 55.6 Å². The van der Waals surface area contributed by atoms with Gasteiger partial charge >= 0.3 is 0 Å². The fraction of sp³-hybridized carbons (Fsp3) is 0.667. The number of piperidine rings is 1. The molecule has 1 aliphatic heterocycles. The van der Waals surface area contributed by atoms with Gasteiger partial charge in [-0.2, -0.15) is 0 Å². The largest absolute Gasteiger partial charge is 0.492 e. The summed E-state index contributed by atoms with van der Waals surface area (Å²) in [6.07, 6.45) is 2.38. The molecule has 0 radical (unpaired) electrons. The van der Waals surface area contributed by atoms with E-state index in [4.69, 9.17) is 10.5 Å². The van der Waals surface area contributed by atoms with Crippen molar-refractivity contribution >= 4 is 27.8 Å². The minimum absolute atomic E-state index is 0.00844. The van der Waals surface area contributed by atoms with Crippen LogP contribution < -0.4 is 15.4 Å². The Morgan fingerprint density at radius 1 is 1.40 bits per heavy atom. The Bertz CT molecular complexity index is 488. The second kappa shape index (κ2) is 6.04. The highest BCUT2D eigenvalue weighted by atomic mass is 32.1. The second-order valence-corrected chi connectivity index (χ2v) is 6.81. The van der Waals surface area contributed by atoms with Gasteiger partial charge in [0.05, 0.1) is 17.7 Å². The Morgan fingerprint density at radius 3 is 2.45 bits per heavy atom. The Balaban J connectivity index is 2.21. The number of nitrogens with two attached hydrogens (primary N) is 1. The lowest BCUT2D eigenvalue weighted by molar-refractivity contribution is 0.102. The van der Waals surface area contributed by atoms with E-state index in [1.54, 1.807) is 14.0 Å². The maximum Gasteiger partial charge on any atom is 0.177 e. The van der Waals surface area contributed by atoms with Crippen LogP contribution in [0.25, 0.3) is 0 Å². The highest BCUT2D eigenvalue weighted by Gasteiger charge is 2.27. The van der Waals surface area contributed by atoms with Crippen LogP contribution in [-0.4, -0.2) is 26.0 Å². The highest BCUT2D eigenvalue weighted by molar-refractivity contribution is 7.19. The number of Topliss-reactive ketones (excluding diaryl/α,β-unsaturated/α-hetero) is 1. The van der Waals surface area contributed by atoms with Gasteiger partial charge in [0, 0.05) is 20.0 Å². The van der Waals surface area contributed by atoms with Gasteiger partial charge in [-0.25, -0.2) is 0 Å². The van der Waals surface area contributed by atoms with Gasteiger partial charge in [0.15, 0.2) is 11.5 Å². The minimum Gasteiger partial charge on any atom is -0.492 e. The molecule has 0 spiro atoms. The van der Waals surface area contributed by atoms with E-state index in [2.05, 4.69) is 18.7 Å². The summed E-state index contributed by atoms with van der Waals surface area (Å²) in [6, 6.07) is 0. The smallest absolute Gasteiger partial charge is 0.177 e. The van der Waals surface area contributed by atoms with Crippen molar-refractivity contribution in [2.24, 2.45) is 11.8 Å². The van der Waals surface area contributed by atoms with Crippen molar-refractivity contribution in [2.45, 2.75) is 33.6 Å². The number of hydrogen-bond donors (Lipinski definition) is 1. The molecule has 0 atom stereocenters. The van der Waals surface area contributed by atoms with Crippen molar-refractivity contribution in [1.82, 2.24) is 0 Å². The third kappa shape index (κ3) is 2.77. The zero-order chi connectivity index (χ0) is 14.9. The van der Waals surface area contributed by atoms with Crippen LogP contribution in [0, 0.1) is 11.8 Å². The lowest BCUT2D eigenvalue weighted by Crippen LogP contribution is -2.34. The number of ketones is 1. The maximum absolute atomic E-state index is 11.6. The van der Waals surface area contributed by atoms with E-state index in [0.717, 1.165) is 29.9 Å². The number of carbonyl (C=O) groups is 1. The number of ether oxygens (including phenoxy) is 1. The summed E-state index contributed by atoms with van der Waals surface area (Å²) in [7, 11) is 1.62. The average Bonchev–Trinajstić information content (AvgIpc) is 2.75. The van der Waals surface area contributed by atoms with Gasteiger partial charge < -0.3 is 15.4 Å². The van der Waals surface area contributed by atoms with Gasteiger partial charge in [0.1, 0.15) is 5.00 Å². The van der Waals surface area contributed by atoms with Crippen molar-refractivity contribution in [2.75, 3.05) is 30.8 Å². The van der Waals surface area contributed by atoms with E-state index in [1.165, 1.54) is 24.2 Å². The minimum atomic E-state index is 0.00844. The molecule has 5 heteroatoms. The van der Waals surface area contributed by atoms with Crippen molar-refractivity contribution in [3.8, 4) is 5.75 Å². The Kier molecular flexibility index (Phi) is 4.58. The molecule has 1 saturated heterocycles. The third-order valence-corrected chi connectivity index (χ3v) is 5.52. The first-order valence-electron chi connectivity index (χ1n) is 7.17. The Morgan fingerprint density at radius 2 is 2.00 bits per heavy atom. The van der Waals surface area contributed by atoms with E-state index in [0.29, 0.717) is 16.3 Å². The van der Waals surface area contributed by atoms with Gasteiger partial charge in [-0.15, -0.1) is 11.3 Å². The van der Waals surface area contributed by atoms with E-state index >= 15 is 0 Å². The molecule has 0 amide bonds. The Labute approximate surface area is 124 Å². The molecule has 1 fully saturated rings. The molecule has 0 aromatic carbocycles. The molecular formula is C15H24N2O2S. The van der Waals surface area contributed by atoms with Crippen LogP contribution in [0.2, 0.25) is 0 Å². The standard InChI is InChI=1S/C15H24N2O2S/c1-9(2)11-5-7-17(8-6-11)15-13(19-4)12(16)14(20-15)10(3)18/h9,11H,5-8,16H2,1-4H3. The molecule has 1 aromatic rings. The lowest BCUT2D eigenvalue weighted by atomic mass is 9.87. The molecule has 0 bridgehead atoms. The number of nitrogens with zero attached hydrogens (tertiary/aromatic N) is 1. The zero-order valence-corrected chi connectivity index (χ0v) is 13.5. The number of rotatable bonds is 4. The fourth-order valence-electron chi connectivity index (χ4n) is 2.85. The summed E-state index contributed by atoms with van der Waals surface area (Å²) in [5, 5.41) is 1.01. The van der Waals surface area contributed by atoms with E-state index in [-0.39, 0.29) is 5.78 Å². The summed E-state index contributed by atoms with van der Waals surface area (Å²) < 4.78 is 5.43. The Hall–Kier alpha value is -1.23. The molecular weight excluding hydrogens is 272 g/mol. The third-order valence-electron chi connectivity index (χ3n) is 4.18. The summed E-state index contributed by atoms with van der Waals surface area (Å²) in [4.78, 5) is 14.6. The summed E-state index contributed by atoms with van der Waals surface area (Å²) >= 11 is 1.46. The van der Waals surface area contributed by atoms with Crippen molar-refractivity contribution in [1.29, 1.82) is 0 Å². The number of nitrogen functional groups attached to an aromatic ring is 1. The van der Waals surface area contributed by atoms with Crippen molar-refractivity contribution in [3.63, 3.8) is 0 Å². The molecule has 0 aliphatic carbocycles. The molecule has 20 heavy (non-hydrogen) atoms. The van der Waals surface area contributed by atoms with Gasteiger partial charge in [-0.05, 0) is 24.7 Å².